The molecule has 0 spiro atoms. The highest BCUT2D eigenvalue weighted by molar-refractivity contribution is 14.1. The lowest BCUT2D eigenvalue weighted by Gasteiger charge is -2.27. The Labute approximate surface area is 179 Å². The summed E-state index contributed by atoms with van der Waals surface area (Å²) in [5.74, 6) is -2.25. The Morgan fingerprint density at radius 2 is 1.93 bits per heavy atom. The van der Waals surface area contributed by atoms with Gasteiger partial charge >= 0.3 is 12.0 Å². The van der Waals surface area contributed by atoms with E-state index in [1.807, 2.05) is 22.6 Å². The van der Waals surface area contributed by atoms with Crippen LogP contribution in [0, 0.1) is 10.5 Å². The number of nitrogens with zero attached hydrogens (tertiary/aromatic N) is 1. The molecule has 29 heavy (non-hydrogen) atoms. The lowest BCUT2D eigenvalue weighted by atomic mass is 10.1. The van der Waals surface area contributed by atoms with Gasteiger partial charge in [0.25, 0.3) is 11.8 Å². The second-order valence-corrected chi connectivity index (χ2v) is 7.28. The van der Waals surface area contributed by atoms with Gasteiger partial charge in [0, 0.05) is 0 Å². The van der Waals surface area contributed by atoms with Crippen molar-refractivity contribution in [2.45, 2.75) is 6.92 Å². The maximum Gasteiger partial charge on any atom is 0.341 e. The van der Waals surface area contributed by atoms with E-state index in [1.165, 1.54) is 6.08 Å². The van der Waals surface area contributed by atoms with E-state index in [4.69, 9.17) is 9.84 Å². The van der Waals surface area contributed by atoms with E-state index >= 15 is 0 Å². The molecule has 2 N–H and O–H groups in total. The number of hydrogen-bond donors (Lipinski definition) is 2. The van der Waals surface area contributed by atoms with Gasteiger partial charge in [0.2, 0.25) is 0 Å². The van der Waals surface area contributed by atoms with Crippen LogP contribution in [0.3, 0.4) is 0 Å². The first-order valence-electron chi connectivity index (χ1n) is 8.39. The SMILES string of the molecule is Cc1ccccc1N1C(=O)NC(=O)/C(=C\c2ccc(OCC(=O)O)c(I)c2)C1=O. The van der Waals surface area contributed by atoms with Crippen molar-refractivity contribution >= 4 is 58.2 Å². The average molecular weight is 506 g/mol. The van der Waals surface area contributed by atoms with Crippen molar-refractivity contribution in [1.29, 1.82) is 0 Å². The molecule has 1 saturated heterocycles. The first-order chi connectivity index (χ1) is 13.8. The van der Waals surface area contributed by atoms with Crippen LogP contribution < -0.4 is 15.0 Å². The Bertz CT molecular complexity index is 1060. The van der Waals surface area contributed by atoms with Gasteiger partial charge < -0.3 is 9.84 Å². The molecule has 0 radical (unpaired) electrons. The molecule has 0 aliphatic carbocycles. The molecule has 0 bridgehead atoms. The van der Waals surface area contributed by atoms with E-state index < -0.39 is 30.4 Å². The van der Waals surface area contributed by atoms with E-state index in [0.29, 0.717) is 26.1 Å². The van der Waals surface area contributed by atoms with Crippen LogP contribution in [0.25, 0.3) is 6.08 Å². The van der Waals surface area contributed by atoms with Gasteiger partial charge in [0.05, 0.1) is 9.26 Å². The molecule has 1 heterocycles. The maximum absolute atomic E-state index is 12.9. The fourth-order valence-corrected chi connectivity index (χ4v) is 3.42. The molecule has 0 saturated carbocycles. The molecule has 2 aromatic carbocycles. The van der Waals surface area contributed by atoms with E-state index in [0.717, 1.165) is 4.90 Å². The van der Waals surface area contributed by atoms with Gasteiger partial charge in [0.15, 0.2) is 6.61 Å². The summed E-state index contributed by atoms with van der Waals surface area (Å²) in [6, 6.07) is 10.8. The monoisotopic (exact) mass is 506 g/mol. The molecular formula is C20H15IN2O6. The van der Waals surface area contributed by atoms with Crippen LogP contribution >= 0.6 is 22.6 Å². The summed E-state index contributed by atoms with van der Waals surface area (Å²) < 4.78 is 5.77. The minimum Gasteiger partial charge on any atom is -0.481 e. The summed E-state index contributed by atoms with van der Waals surface area (Å²) in [6.45, 7) is 1.28. The van der Waals surface area contributed by atoms with Crippen molar-refractivity contribution in [3.05, 3.63) is 62.7 Å². The van der Waals surface area contributed by atoms with Gasteiger partial charge in [-0.2, -0.15) is 0 Å². The average Bonchev–Trinajstić information content (AvgIpc) is 2.65. The zero-order valence-corrected chi connectivity index (χ0v) is 17.3. The third-order valence-corrected chi connectivity index (χ3v) is 4.92. The Morgan fingerprint density at radius 3 is 2.59 bits per heavy atom. The van der Waals surface area contributed by atoms with Crippen molar-refractivity contribution in [3.63, 3.8) is 0 Å². The molecule has 0 atom stereocenters. The van der Waals surface area contributed by atoms with E-state index in [1.54, 1.807) is 49.4 Å². The molecule has 0 unspecified atom stereocenters. The van der Waals surface area contributed by atoms with Gasteiger partial charge in [-0.1, -0.05) is 24.3 Å². The second kappa shape index (κ2) is 8.43. The van der Waals surface area contributed by atoms with Crippen LogP contribution in [0.1, 0.15) is 11.1 Å². The normalized spacial score (nSPS) is 15.4. The highest BCUT2D eigenvalue weighted by Crippen LogP contribution is 2.27. The van der Waals surface area contributed by atoms with Crippen molar-refractivity contribution in [2.24, 2.45) is 0 Å². The number of imide groups is 2. The number of hydrogen-bond acceptors (Lipinski definition) is 5. The third-order valence-electron chi connectivity index (χ3n) is 4.08. The lowest BCUT2D eigenvalue weighted by Crippen LogP contribution is -2.54. The van der Waals surface area contributed by atoms with Gasteiger partial charge in [-0.3, -0.25) is 14.9 Å². The fourth-order valence-electron chi connectivity index (χ4n) is 2.72. The first kappa shape index (κ1) is 20.5. The zero-order chi connectivity index (χ0) is 21.1. The molecule has 1 fully saturated rings. The maximum atomic E-state index is 12.9. The molecule has 0 aromatic heterocycles. The van der Waals surface area contributed by atoms with Crippen LogP contribution in [0.2, 0.25) is 0 Å². The molecular weight excluding hydrogens is 491 g/mol. The molecule has 9 heteroatoms. The summed E-state index contributed by atoms with van der Waals surface area (Å²) in [6.07, 6.45) is 1.37. The highest BCUT2D eigenvalue weighted by Gasteiger charge is 2.37. The Hall–Kier alpha value is -3.21. The lowest BCUT2D eigenvalue weighted by molar-refractivity contribution is -0.139. The Balaban J connectivity index is 1.94. The Morgan fingerprint density at radius 1 is 1.21 bits per heavy atom. The van der Waals surface area contributed by atoms with Crippen LogP contribution in [-0.4, -0.2) is 35.5 Å². The van der Waals surface area contributed by atoms with Crippen LogP contribution in [0.4, 0.5) is 10.5 Å². The summed E-state index contributed by atoms with van der Waals surface area (Å²) >= 11 is 1.96. The number of aryl methyl sites for hydroxylation is 1. The first-order valence-corrected chi connectivity index (χ1v) is 9.47. The zero-order valence-electron chi connectivity index (χ0n) is 15.1. The molecule has 4 amide bonds. The number of anilines is 1. The number of urea groups is 1. The number of benzene rings is 2. The van der Waals surface area contributed by atoms with E-state index in [2.05, 4.69) is 5.32 Å². The van der Waals surface area contributed by atoms with Gasteiger partial charge in [-0.05, 0) is 64.9 Å². The van der Waals surface area contributed by atoms with Crippen molar-refractivity contribution in [1.82, 2.24) is 5.32 Å². The number of carbonyl (C=O) groups is 4. The number of carboxylic acid groups (broad SMARTS) is 1. The van der Waals surface area contributed by atoms with Crippen molar-refractivity contribution in [3.8, 4) is 5.75 Å². The molecule has 1 aliphatic rings. The summed E-state index contributed by atoms with van der Waals surface area (Å²) in [5, 5.41) is 10.9. The number of barbiturate groups is 1. The number of amides is 4. The van der Waals surface area contributed by atoms with Gasteiger partial charge in [0.1, 0.15) is 11.3 Å². The fraction of sp³-hybridized carbons (Fsp3) is 0.100. The number of aliphatic carboxylic acids is 1. The van der Waals surface area contributed by atoms with Crippen molar-refractivity contribution < 1.29 is 29.0 Å². The van der Waals surface area contributed by atoms with E-state index in [-0.39, 0.29) is 5.57 Å². The van der Waals surface area contributed by atoms with Crippen LogP contribution in [0.5, 0.6) is 5.75 Å². The molecule has 1 aliphatic heterocycles. The van der Waals surface area contributed by atoms with Crippen LogP contribution in [-0.2, 0) is 14.4 Å². The van der Waals surface area contributed by atoms with Crippen LogP contribution in [0.15, 0.2) is 48.0 Å². The predicted molar refractivity (Wildman–Crippen MR) is 112 cm³/mol. The number of carbonyl (C=O) groups excluding carboxylic acids is 3. The summed E-state index contributed by atoms with van der Waals surface area (Å²) in [5.41, 5.74) is 1.43. The van der Waals surface area contributed by atoms with Crippen molar-refractivity contribution in [2.75, 3.05) is 11.5 Å². The number of para-hydroxylation sites is 1. The summed E-state index contributed by atoms with van der Waals surface area (Å²) in [4.78, 5) is 49.0. The minimum absolute atomic E-state index is 0.192. The third kappa shape index (κ3) is 4.45. The van der Waals surface area contributed by atoms with Gasteiger partial charge in [-0.25, -0.2) is 14.5 Å². The largest absolute Gasteiger partial charge is 0.481 e. The molecule has 148 valence electrons. The minimum atomic E-state index is -1.10. The number of ether oxygens (including phenoxy) is 1. The molecule has 3 rings (SSSR count). The standard InChI is InChI=1S/C20H15IN2O6/c1-11-4-2-3-5-15(11)23-19(27)13(18(26)22-20(23)28)8-12-6-7-16(14(21)9-12)29-10-17(24)25/h2-9H,10H2,1H3,(H,24,25)(H,22,26,28)/b13-8+. The Kier molecular flexibility index (Phi) is 5.97. The van der Waals surface area contributed by atoms with Gasteiger partial charge in [-0.15, -0.1) is 0 Å². The molecule has 8 nitrogen and oxygen atoms in total. The quantitative estimate of drug-likeness (QED) is 0.367. The summed E-state index contributed by atoms with van der Waals surface area (Å²) in [7, 11) is 0. The number of rotatable bonds is 5. The molecule has 2 aromatic rings. The highest BCUT2D eigenvalue weighted by atomic mass is 127. The number of carboxylic acids is 1. The van der Waals surface area contributed by atoms with E-state index in [9.17, 15) is 19.2 Å². The number of halogens is 1. The number of nitrogens with one attached hydrogen (secondary N) is 1. The second-order valence-electron chi connectivity index (χ2n) is 6.12. The smallest absolute Gasteiger partial charge is 0.341 e. The predicted octanol–water partition coefficient (Wildman–Crippen LogP) is 2.73. The topological polar surface area (TPSA) is 113 Å².